The SMILES string of the molecule is CC(C)(C)OC(=O)NC1CCC(CN=O)CC1. The molecule has 0 aromatic carbocycles. The number of hydrogen-bond acceptors (Lipinski definition) is 4. The highest BCUT2D eigenvalue weighted by Gasteiger charge is 2.24. The van der Waals surface area contributed by atoms with Gasteiger partial charge in [0.1, 0.15) is 5.60 Å². The van der Waals surface area contributed by atoms with Crippen molar-refractivity contribution in [3.63, 3.8) is 0 Å². The molecule has 0 radical (unpaired) electrons. The van der Waals surface area contributed by atoms with E-state index < -0.39 is 5.60 Å². The highest BCUT2D eigenvalue weighted by molar-refractivity contribution is 5.68. The lowest BCUT2D eigenvalue weighted by atomic mass is 9.86. The van der Waals surface area contributed by atoms with Crippen molar-refractivity contribution in [2.45, 2.75) is 58.1 Å². The number of nitroso groups, excluding NO2 is 1. The molecule has 0 unspecified atom stereocenters. The normalized spacial score (nSPS) is 25.1. The van der Waals surface area contributed by atoms with Crippen LogP contribution in [0.15, 0.2) is 5.18 Å². The zero-order chi connectivity index (χ0) is 12.9. The minimum absolute atomic E-state index is 0.174. The Balaban J connectivity index is 2.26. The van der Waals surface area contributed by atoms with Gasteiger partial charge in [-0.05, 0) is 52.4 Å². The van der Waals surface area contributed by atoms with Crippen molar-refractivity contribution in [3.8, 4) is 0 Å². The van der Waals surface area contributed by atoms with Crippen molar-refractivity contribution < 1.29 is 9.53 Å². The Morgan fingerprint density at radius 2 is 1.88 bits per heavy atom. The largest absolute Gasteiger partial charge is 0.444 e. The van der Waals surface area contributed by atoms with Crippen molar-refractivity contribution in [1.82, 2.24) is 5.32 Å². The van der Waals surface area contributed by atoms with Crippen molar-refractivity contribution in [2.75, 3.05) is 6.54 Å². The predicted molar refractivity (Wildman–Crippen MR) is 65.8 cm³/mol. The Morgan fingerprint density at radius 1 is 1.29 bits per heavy atom. The van der Waals surface area contributed by atoms with Crippen molar-refractivity contribution in [3.05, 3.63) is 4.91 Å². The minimum atomic E-state index is -0.456. The van der Waals surface area contributed by atoms with Crippen LogP contribution in [0.5, 0.6) is 0 Å². The summed E-state index contributed by atoms with van der Waals surface area (Å²) in [6.07, 6.45) is 3.35. The van der Waals surface area contributed by atoms with Gasteiger partial charge in [0, 0.05) is 6.04 Å². The zero-order valence-corrected chi connectivity index (χ0v) is 10.9. The fourth-order valence-corrected chi connectivity index (χ4v) is 2.07. The molecule has 98 valence electrons. The highest BCUT2D eigenvalue weighted by Crippen LogP contribution is 2.24. The standard InChI is InChI=1S/C12H22N2O3/c1-12(2,3)17-11(15)14-10-6-4-9(5-7-10)8-13-16/h9-10H,4-8H2,1-3H3,(H,14,15). The second kappa shape index (κ2) is 5.98. The van der Waals surface area contributed by atoms with Crippen LogP contribution in [0.25, 0.3) is 0 Å². The summed E-state index contributed by atoms with van der Waals surface area (Å²) < 4.78 is 5.20. The van der Waals surface area contributed by atoms with Crippen molar-refractivity contribution in [1.29, 1.82) is 0 Å². The second-order valence-electron chi connectivity index (χ2n) is 5.68. The summed E-state index contributed by atoms with van der Waals surface area (Å²) >= 11 is 0. The van der Waals surface area contributed by atoms with Crippen LogP contribution in [-0.4, -0.2) is 24.3 Å². The van der Waals surface area contributed by atoms with Gasteiger partial charge in [-0.15, -0.1) is 0 Å². The van der Waals surface area contributed by atoms with Gasteiger partial charge in [-0.2, -0.15) is 4.91 Å². The first-order valence-corrected chi connectivity index (χ1v) is 6.19. The maximum Gasteiger partial charge on any atom is 0.407 e. The van der Waals surface area contributed by atoms with Gasteiger partial charge in [0.2, 0.25) is 0 Å². The molecule has 0 atom stereocenters. The first-order valence-electron chi connectivity index (χ1n) is 6.19. The predicted octanol–water partition coefficient (Wildman–Crippen LogP) is 2.84. The number of carbonyl (C=O) groups is 1. The molecule has 1 fully saturated rings. The number of nitrogens with zero attached hydrogens (tertiary/aromatic N) is 1. The lowest BCUT2D eigenvalue weighted by molar-refractivity contribution is 0.0488. The second-order valence-corrected chi connectivity index (χ2v) is 5.68. The highest BCUT2D eigenvalue weighted by atomic mass is 16.6. The maximum absolute atomic E-state index is 11.5. The number of rotatable bonds is 3. The molecule has 1 saturated carbocycles. The molecule has 0 saturated heterocycles. The molecule has 0 aliphatic heterocycles. The summed E-state index contributed by atoms with van der Waals surface area (Å²) in [5.41, 5.74) is -0.456. The van der Waals surface area contributed by atoms with Crippen LogP contribution in [0.1, 0.15) is 46.5 Å². The van der Waals surface area contributed by atoms with Gasteiger partial charge in [0.25, 0.3) is 0 Å². The number of carbonyl (C=O) groups excluding carboxylic acids is 1. The molecule has 0 bridgehead atoms. The van der Waals surface area contributed by atoms with E-state index in [1.54, 1.807) is 0 Å². The van der Waals surface area contributed by atoms with Crippen LogP contribution in [0.2, 0.25) is 0 Å². The van der Waals surface area contributed by atoms with E-state index in [9.17, 15) is 9.70 Å². The quantitative estimate of drug-likeness (QED) is 0.774. The summed E-state index contributed by atoms with van der Waals surface area (Å²) in [5.74, 6) is 0.393. The van der Waals surface area contributed by atoms with Crippen LogP contribution in [0.3, 0.4) is 0 Å². The fraction of sp³-hybridized carbons (Fsp3) is 0.917. The van der Waals surface area contributed by atoms with Gasteiger partial charge in [0.05, 0.1) is 6.54 Å². The molecule has 0 spiro atoms. The Kier molecular flexibility index (Phi) is 4.90. The Labute approximate surface area is 102 Å². The van der Waals surface area contributed by atoms with E-state index in [0.717, 1.165) is 25.7 Å². The molecule has 0 aromatic heterocycles. The molecular weight excluding hydrogens is 220 g/mol. The van der Waals surface area contributed by atoms with Crippen LogP contribution < -0.4 is 5.32 Å². The Hall–Kier alpha value is -1.13. The van der Waals surface area contributed by atoms with E-state index in [1.807, 2.05) is 20.8 Å². The summed E-state index contributed by atoms with van der Waals surface area (Å²) in [6.45, 7) is 5.94. The maximum atomic E-state index is 11.5. The molecule has 1 amide bonds. The van der Waals surface area contributed by atoms with Gasteiger partial charge in [-0.3, -0.25) is 0 Å². The van der Waals surface area contributed by atoms with Crippen LogP contribution >= 0.6 is 0 Å². The number of alkyl carbamates (subject to hydrolysis) is 1. The third-order valence-electron chi connectivity index (χ3n) is 2.90. The molecule has 5 heteroatoms. The molecule has 5 nitrogen and oxygen atoms in total. The summed E-state index contributed by atoms with van der Waals surface area (Å²) in [4.78, 5) is 21.7. The topological polar surface area (TPSA) is 67.8 Å². The first-order chi connectivity index (χ1) is 7.90. The molecular formula is C12H22N2O3. The van der Waals surface area contributed by atoms with Crippen LogP contribution in [0, 0.1) is 10.8 Å². The summed E-state index contributed by atoms with van der Waals surface area (Å²) in [5, 5.41) is 5.80. The number of ether oxygens (including phenoxy) is 1. The number of amides is 1. The third-order valence-corrected chi connectivity index (χ3v) is 2.90. The Morgan fingerprint density at radius 3 is 2.35 bits per heavy atom. The van der Waals surface area contributed by atoms with Gasteiger partial charge in [-0.25, -0.2) is 4.79 Å². The van der Waals surface area contributed by atoms with Crippen LogP contribution in [-0.2, 0) is 4.74 Å². The van der Waals surface area contributed by atoms with Crippen LogP contribution in [0.4, 0.5) is 4.79 Å². The minimum Gasteiger partial charge on any atom is -0.444 e. The van der Waals surface area contributed by atoms with Gasteiger partial charge < -0.3 is 10.1 Å². The monoisotopic (exact) mass is 242 g/mol. The summed E-state index contributed by atoms with van der Waals surface area (Å²) in [7, 11) is 0. The van der Waals surface area contributed by atoms with E-state index in [-0.39, 0.29) is 12.1 Å². The molecule has 1 rings (SSSR count). The molecule has 0 heterocycles. The van der Waals surface area contributed by atoms with E-state index >= 15 is 0 Å². The Bertz CT molecular complexity index is 265. The molecule has 1 aliphatic carbocycles. The fourth-order valence-electron chi connectivity index (χ4n) is 2.07. The van der Waals surface area contributed by atoms with Crippen molar-refractivity contribution >= 4 is 6.09 Å². The smallest absolute Gasteiger partial charge is 0.407 e. The van der Waals surface area contributed by atoms with Gasteiger partial charge in [-0.1, -0.05) is 5.18 Å². The number of nitrogens with one attached hydrogen (secondary N) is 1. The van der Waals surface area contributed by atoms with Crippen molar-refractivity contribution in [2.24, 2.45) is 11.1 Å². The molecule has 0 aromatic rings. The molecule has 17 heavy (non-hydrogen) atoms. The van der Waals surface area contributed by atoms with E-state index in [2.05, 4.69) is 10.5 Å². The lowest BCUT2D eigenvalue weighted by Crippen LogP contribution is -2.41. The van der Waals surface area contributed by atoms with E-state index in [4.69, 9.17) is 4.74 Å². The third kappa shape index (κ3) is 5.65. The molecule has 1 N–H and O–H groups in total. The average molecular weight is 242 g/mol. The van der Waals surface area contributed by atoms with E-state index in [0.29, 0.717) is 12.5 Å². The first kappa shape index (κ1) is 13.9. The zero-order valence-electron chi connectivity index (χ0n) is 10.9. The lowest BCUT2D eigenvalue weighted by Gasteiger charge is -2.28. The van der Waals surface area contributed by atoms with Gasteiger partial charge in [0.15, 0.2) is 0 Å². The summed E-state index contributed by atoms with van der Waals surface area (Å²) in [6, 6.07) is 0.174. The van der Waals surface area contributed by atoms with Gasteiger partial charge >= 0.3 is 6.09 Å². The van der Waals surface area contributed by atoms with E-state index in [1.165, 1.54) is 0 Å². The average Bonchev–Trinajstić information content (AvgIpc) is 2.18. The molecule has 1 aliphatic rings. The number of hydrogen-bond donors (Lipinski definition) is 1.